The maximum absolute atomic E-state index is 12.5. The summed E-state index contributed by atoms with van der Waals surface area (Å²) in [5, 5.41) is 6.36. The van der Waals surface area contributed by atoms with Crippen LogP contribution in [0, 0.1) is 13.8 Å². The minimum absolute atomic E-state index is 0.254. The Bertz CT molecular complexity index is 1210. The lowest BCUT2D eigenvalue weighted by molar-refractivity contribution is -0.136. The van der Waals surface area contributed by atoms with Crippen LogP contribution in [-0.4, -0.2) is 24.0 Å². The first-order valence-electron chi connectivity index (χ1n) is 9.62. The van der Waals surface area contributed by atoms with E-state index in [1.165, 1.54) is 6.21 Å². The van der Waals surface area contributed by atoms with E-state index in [9.17, 15) is 14.4 Å². The summed E-state index contributed by atoms with van der Waals surface area (Å²) in [5.74, 6) is -2.04. The molecule has 3 rings (SSSR count). The molecule has 0 bridgehead atoms. The summed E-state index contributed by atoms with van der Waals surface area (Å²) in [7, 11) is 0. The van der Waals surface area contributed by atoms with Gasteiger partial charge in [-0.3, -0.25) is 9.59 Å². The molecule has 7 nitrogen and oxygen atoms in total. The molecule has 2 N–H and O–H groups in total. The first-order valence-corrected chi connectivity index (χ1v) is 10.4. The quantitative estimate of drug-likeness (QED) is 0.181. The monoisotopic (exact) mass is 493 g/mol. The fourth-order valence-electron chi connectivity index (χ4n) is 2.77. The Morgan fingerprint density at radius 1 is 0.906 bits per heavy atom. The van der Waals surface area contributed by atoms with Gasteiger partial charge in [0.15, 0.2) is 0 Å². The summed E-state index contributed by atoms with van der Waals surface area (Å²) < 4.78 is 6.24. The minimum atomic E-state index is -0.932. The Morgan fingerprint density at radius 3 is 2.31 bits per heavy atom. The molecule has 0 aliphatic rings. The number of esters is 1. The Balaban J connectivity index is 1.69. The normalized spacial score (nSPS) is 10.6. The summed E-state index contributed by atoms with van der Waals surface area (Å²) in [6, 6.07) is 19.2. The molecule has 3 aromatic rings. The van der Waals surface area contributed by atoms with Gasteiger partial charge in [-0.1, -0.05) is 52.3 Å². The average Bonchev–Trinajstić information content (AvgIpc) is 2.77. The Labute approximate surface area is 193 Å². The molecule has 0 saturated heterocycles. The number of halogens is 1. The molecule has 2 amide bonds. The van der Waals surface area contributed by atoms with Crippen molar-refractivity contribution in [2.24, 2.45) is 5.10 Å². The predicted octanol–water partition coefficient (Wildman–Crippen LogP) is 4.37. The van der Waals surface area contributed by atoms with Crippen LogP contribution >= 0.6 is 15.9 Å². The second-order valence-electron chi connectivity index (χ2n) is 6.85. The number of hydrogen-bond acceptors (Lipinski definition) is 5. The van der Waals surface area contributed by atoms with E-state index in [1.54, 1.807) is 42.5 Å². The summed E-state index contributed by atoms with van der Waals surface area (Å²) in [6.07, 6.45) is 1.30. The molecular weight excluding hydrogens is 474 g/mol. The van der Waals surface area contributed by atoms with Gasteiger partial charge in [-0.15, -0.1) is 0 Å². The maximum Gasteiger partial charge on any atom is 0.343 e. The first kappa shape index (κ1) is 22.9. The van der Waals surface area contributed by atoms with E-state index in [1.807, 2.05) is 38.1 Å². The van der Waals surface area contributed by atoms with Crippen molar-refractivity contribution in [1.82, 2.24) is 5.43 Å². The number of carbonyl (C=O) groups excluding carboxylic acids is 3. The summed E-state index contributed by atoms with van der Waals surface area (Å²) >= 11 is 3.35. The van der Waals surface area contributed by atoms with Gasteiger partial charge in [0.1, 0.15) is 5.75 Å². The molecule has 0 saturated carbocycles. The van der Waals surface area contributed by atoms with Gasteiger partial charge in [-0.05, 0) is 55.3 Å². The van der Waals surface area contributed by atoms with E-state index in [2.05, 4.69) is 31.8 Å². The number of amides is 2. The minimum Gasteiger partial charge on any atom is -0.422 e. The van der Waals surface area contributed by atoms with Crippen LogP contribution in [0.5, 0.6) is 5.75 Å². The van der Waals surface area contributed by atoms with Crippen molar-refractivity contribution in [3.05, 3.63) is 93.5 Å². The molecule has 0 aromatic heterocycles. The van der Waals surface area contributed by atoms with E-state index >= 15 is 0 Å². The maximum atomic E-state index is 12.5. The molecule has 0 atom stereocenters. The first-order chi connectivity index (χ1) is 15.3. The molecule has 0 radical (unpaired) electrons. The van der Waals surface area contributed by atoms with Crippen molar-refractivity contribution in [2.75, 3.05) is 5.32 Å². The Morgan fingerprint density at radius 2 is 1.59 bits per heavy atom. The summed E-state index contributed by atoms with van der Waals surface area (Å²) in [6.45, 7) is 3.64. The number of benzene rings is 3. The third-order valence-corrected chi connectivity index (χ3v) is 5.00. The van der Waals surface area contributed by atoms with Gasteiger partial charge in [-0.25, -0.2) is 10.2 Å². The van der Waals surface area contributed by atoms with Crippen molar-refractivity contribution in [3.8, 4) is 5.75 Å². The number of nitrogens with one attached hydrogen (secondary N) is 2. The van der Waals surface area contributed by atoms with Crippen molar-refractivity contribution >= 4 is 45.6 Å². The molecule has 0 aliphatic heterocycles. The highest BCUT2D eigenvalue weighted by atomic mass is 79.9. The third kappa shape index (κ3) is 5.89. The second-order valence-corrected chi connectivity index (χ2v) is 7.77. The van der Waals surface area contributed by atoms with Gasteiger partial charge >= 0.3 is 17.8 Å². The fraction of sp³-hybridized carbons (Fsp3) is 0.0833. The molecule has 32 heavy (non-hydrogen) atoms. The molecule has 3 aromatic carbocycles. The number of rotatable bonds is 5. The fourth-order valence-corrected chi connectivity index (χ4v) is 3.15. The van der Waals surface area contributed by atoms with Crippen molar-refractivity contribution < 1.29 is 19.1 Å². The van der Waals surface area contributed by atoms with Crippen LogP contribution in [-0.2, 0) is 9.59 Å². The second kappa shape index (κ2) is 10.5. The number of anilines is 1. The summed E-state index contributed by atoms with van der Waals surface area (Å²) in [4.78, 5) is 36.7. The van der Waals surface area contributed by atoms with Crippen LogP contribution in [0.25, 0.3) is 0 Å². The van der Waals surface area contributed by atoms with Crippen LogP contribution in [0.1, 0.15) is 27.0 Å². The lowest BCUT2D eigenvalue weighted by Crippen LogP contribution is -2.32. The number of para-hydroxylation sites is 1. The standard InChI is InChI=1S/C24H20BrN3O4/c1-15-7-3-5-9-19(15)24(31)32-21-12-11-18(25)13-17(21)14-26-28-23(30)22(29)27-20-10-6-4-8-16(20)2/h3-14H,1-2H3,(H,27,29)(H,28,30)/b26-14+. The molecule has 0 aliphatic carbocycles. The highest BCUT2D eigenvalue weighted by Gasteiger charge is 2.15. The van der Waals surface area contributed by atoms with E-state index in [-0.39, 0.29) is 5.75 Å². The van der Waals surface area contributed by atoms with Crippen molar-refractivity contribution in [2.45, 2.75) is 13.8 Å². The van der Waals surface area contributed by atoms with Crippen molar-refractivity contribution in [1.29, 1.82) is 0 Å². The molecular formula is C24H20BrN3O4. The van der Waals surface area contributed by atoms with E-state index < -0.39 is 17.8 Å². The Hall–Kier alpha value is -3.78. The predicted molar refractivity (Wildman–Crippen MR) is 126 cm³/mol. The smallest absolute Gasteiger partial charge is 0.343 e. The van der Waals surface area contributed by atoms with E-state index in [0.29, 0.717) is 16.8 Å². The largest absolute Gasteiger partial charge is 0.422 e. The average molecular weight is 494 g/mol. The molecule has 0 unspecified atom stereocenters. The van der Waals surface area contributed by atoms with Gasteiger partial charge in [0, 0.05) is 15.7 Å². The number of ether oxygens (including phenoxy) is 1. The highest BCUT2D eigenvalue weighted by molar-refractivity contribution is 9.10. The molecule has 0 heterocycles. The molecule has 8 heteroatoms. The highest BCUT2D eigenvalue weighted by Crippen LogP contribution is 2.23. The van der Waals surface area contributed by atoms with Gasteiger partial charge in [0.05, 0.1) is 11.8 Å². The number of aryl methyl sites for hydroxylation is 2. The van der Waals surface area contributed by atoms with Crippen LogP contribution in [0.15, 0.2) is 76.3 Å². The zero-order valence-corrected chi connectivity index (χ0v) is 19.0. The van der Waals surface area contributed by atoms with Gasteiger partial charge in [0.25, 0.3) is 0 Å². The number of hydrogen-bond donors (Lipinski definition) is 2. The van der Waals surface area contributed by atoms with Gasteiger partial charge in [0.2, 0.25) is 0 Å². The molecule has 0 spiro atoms. The zero-order chi connectivity index (χ0) is 23.1. The SMILES string of the molecule is Cc1ccccc1NC(=O)C(=O)N/N=C/c1cc(Br)ccc1OC(=O)c1ccccc1C. The van der Waals surface area contributed by atoms with Crippen molar-refractivity contribution in [3.63, 3.8) is 0 Å². The number of hydrazone groups is 1. The Kier molecular flexibility index (Phi) is 7.51. The van der Waals surface area contributed by atoms with Gasteiger partial charge in [-0.2, -0.15) is 5.10 Å². The van der Waals surface area contributed by atoms with Gasteiger partial charge < -0.3 is 10.1 Å². The molecule has 162 valence electrons. The topological polar surface area (TPSA) is 96.9 Å². The number of carbonyl (C=O) groups is 3. The summed E-state index contributed by atoms with van der Waals surface area (Å²) in [5.41, 5.74) is 5.20. The van der Waals surface area contributed by atoms with E-state index in [0.717, 1.165) is 15.6 Å². The van der Waals surface area contributed by atoms with Crippen LogP contribution < -0.4 is 15.5 Å². The zero-order valence-electron chi connectivity index (χ0n) is 17.4. The molecule has 0 fully saturated rings. The van der Waals surface area contributed by atoms with Crippen LogP contribution in [0.2, 0.25) is 0 Å². The van der Waals surface area contributed by atoms with Crippen LogP contribution in [0.4, 0.5) is 5.69 Å². The lowest BCUT2D eigenvalue weighted by Gasteiger charge is -2.09. The van der Waals surface area contributed by atoms with E-state index in [4.69, 9.17) is 4.74 Å². The third-order valence-electron chi connectivity index (χ3n) is 4.51. The van der Waals surface area contributed by atoms with Crippen LogP contribution in [0.3, 0.4) is 0 Å². The lowest BCUT2D eigenvalue weighted by atomic mass is 10.1. The number of nitrogens with zero attached hydrogens (tertiary/aromatic N) is 1.